The molecule has 2 aromatic carbocycles. The van der Waals surface area contributed by atoms with Gasteiger partial charge in [0, 0.05) is 11.3 Å². The number of phenols is 1. The Morgan fingerprint density at radius 3 is 2.44 bits per heavy atom. The summed E-state index contributed by atoms with van der Waals surface area (Å²) < 4.78 is 6.45. The third-order valence-electron chi connectivity index (χ3n) is 7.91. The van der Waals surface area contributed by atoms with E-state index in [4.69, 9.17) is 4.74 Å². The molecule has 5 heteroatoms. The lowest BCUT2D eigenvalue weighted by molar-refractivity contribution is -0.164. The molecule has 2 N–H and O–H groups in total. The number of esters is 1. The van der Waals surface area contributed by atoms with E-state index in [1.807, 2.05) is 25.1 Å². The van der Waals surface area contributed by atoms with Crippen LogP contribution < -0.4 is 0 Å². The Kier molecular flexibility index (Phi) is 7.92. The Labute approximate surface area is 220 Å². The van der Waals surface area contributed by atoms with Crippen molar-refractivity contribution in [1.29, 1.82) is 0 Å². The molecule has 1 heterocycles. The summed E-state index contributed by atoms with van der Waals surface area (Å²) in [6.07, 6.45) is 6.85. The van der Waals surface area contributed by atoms with Crippen LogP contribution in [0.3, 0.4) is 0 Å². The predicted octanol–water partition coefficient (Wildman–Crippen LogP) is 7.37. The SMILES string of the molecule is CC1=C(Sc2cc(C)c(CO)cc2C(C)(C)C)C(=O)OC(CCc2cccc(O)c2)(C2CCCC2)C1. The molecule has 1 aliphatic carbocycles. The summed E-state index contributed by atoms with van der Waals surface area (Å²) >= 11 is 1.52. The van der Waals surface area contributed by atoms with Gasteiger partial charge >= 0.3 is 5.97 Å². The summed E-state index contributed by atoms with van der Waals surface area (Å²) in [4.78, 5) is 15.4. The molecule has 0 radical (unpaired) electrons. The molecule has 1 atom stereocenters. The van der Waals surface area contributed by atoms with Gasteiger partial charge in [-0.2, -0.15) is 0 Å². The predicted molar refractivity (Wildman–Crippen MR) is 146 cm³/mol. The summed E-state index contributed by atoms with van der Waals surface area (Å²) in [7, 11) is 0. The second-order valence-corrected chi connectivity index (χ2v) is 12.7. The highest BCUT2D eigenvalue weighted by Crippen LogP contribution is 2.49. The number of cyclic esters (lactones) is 1. The van der Waals surface area contributed by atoms with Crippen LogP contribution in [0.1, 0.15) is 88.5 Å². The number of benzene rings is 2. The van der Waals surface area contributed by atoms with Gasteiger partial charge in [0.2, 0.25) is 0 Å². The standard InChI is InChI=1S/C31H40O4S/c1-20-15-27(26(30(3,4)5)17-23(20)19-32)36-28-21(2)18-31(35-29(28)34,24-10-6-7-11-24)14-13-22-9-8-12-25(33)16-22/h8-9,12,15-17,24,32-33H,6-7,10-11,13-14,18-19H2,1-5H3. The molecule has 1 unspecified atom stereocenters. The molecule has 0 saturated heterocycles. The molecule has 0 bridgehead atoms. The summed E-state index contributed by atoms with van der Waals surface area (Å²) in [6, 6.07) is 11.6. The molecular formula is C31H40O4S. The molecule has 2 aromatic rings. The number of phenolic OH excluding ortho intramolecular Hbond substituents is 1. The number of aliphatic hydroxyl groups is 1. The highest BCUT2D eigenvalue weighted by molar-refractivity contribution is 8.04. The molecule has 2 aliphatic rings. The number of hydrogen-bond donors (Lipinski definition) is 2. The number of thioether (sulfide) groups is 1. The smallest absolute Gasteiger partial charge is 0.345 e. The van der Waals surface area contributed by atoms with Crippen molar-refractivity contribution < 1.29 is 19.7 Å². The summed E-state index contributed by atoms with van der Waals surface area (Å²) in [5.41, 5.74) is 4.64. The maximum atomic E-state index is 13.6. The number of rotatable bonds is 7. The minimum atomic E-state index is -0.489. The molecule has 0 spiro atoms. The van der Waals surface area contributed by atoms with E-state index in [1.165, 1.54) is 24.6 Å². The van der Waals surface area contributed by atoms with Crippen LogP contribution in [0.2, 0.25) is 0 Å². The molecule has 1 aliphatic heterocycles. The quantitative estimate of drug-likeness (QED) is 0.382. The Morgan fingerprint density at radius 1 is 1.11 bits per heavy atom. The maximum absolute atomic E-state index is 13.6. The van der Waals surface area contributed by atoms with Crippen molar-refractivity contribution in [3.05, 3.63) is 69.1 Å². The summed E-state index contributed by atoms with van der Waals surface area (Å²) in [5.74, 6) is 0.432. The third kappa shape index (κ3) is 5.68. The fourth-order valence-electron chi connectivity index (χ4n) is 5.87. The zero-order chi connectivity index (χ0) is 26.1. The van der Waals surface area contributed by atoms with E-state index in [0.717, 1.165) is 64.8 Å². The van der Waals surface area contributed by atoms with Gasteiger partial charge in [0.15, 0.2) is 0 Å². The first-order valence-electron chi connectivity index (χ1n) is 13.2. The molecule has 36 heavy (non-hydrogen) atoms. The van der Waals surface area contributed by atoms with Crippen molar-refractivity contribution >= 4 is 17.7 Å². The molecule has 4 nitrogen and oxygen atoms in total. The number of hydrogen-bond acceptors (Lipinski definition) is 5. The van der Waals surface area contributed by atoms with Crippen molar-refractivity contribution in [2.75, 3.05) is 0 Å². The van der Waals surface area contributed by atoms with Crippen LogP contribution >= 0.6 is 11.8 Å². The highest BCUT2D eigenvalue weighted by atomic mass is 32.2. The van der Waals surface area contributed by atoms with E-state index in [1.54, 1.807) is 6.07 Å². The number of aromatic hydroxyl groups is 1. The lowest BCUT2D eigenvalue weighted by Gasteiger charge is -2.42. The fourth-order valence-corrected chi connectivity index (χ4v) is 7.17. The summed E-state index contributed by atoms with van der Waals surface area (Å²) in [6.45, 7) is 10.6. The van der Waals surface area contributed by atoms with Crippen molar-refractivity contribution in [3.63, 3.8) is 0 Å². The fraction of sp³-hybridized carbons (Fsp3) is 0.516. The largest absolute Gasteiger partial charge is 0.508 e. The summed E-state index contributed by atoms with van der Waals surface area (Å²) in [5, 5.41) is 19.7. The Morgan fingerprint density at radius 2 is 1.83 bits per heavy atom. The van der Waals surface area contributed by atoms with Crippen molar-refractivity contribution in [3.8, 4) is 5.75 Å². The third-order valence-corrected chi connectivity index (χ3v) is 9.19. The Bertz CT molecular complexity index is 1150. The second-order valence-electron chi connectivity index (χ2n) is 11.7. The lowest BCUT2D eigenvalue weighted by Crippen LogP contribution is -2.45. The number of aryl methyl sites for hydroxylation is 2. The van der Waals surface area contributed by atoms with Gasteiger partial charge in [0.1, 0.15) is 11.4 Å². The maximum Gasteiger partial charge on any atom is 0.345 e. The van der Waals surface area contributed by atoms with Crippen molar-refractivity contribution in [2.24, 2.45) is 5.92 Å². The first-order valence-corrected chi connectivity index (χ1v) is 14.0. The van der Waals surface area contributed by atoms with Crippen molar-refractivity contribution in [2.45, 2.75) is 102 Å². The Balaban J connectivity index is 1.65. The van der Waals surface area contributed by atoms with Gasteiger partial charge in [0.05, 0.1) is 11.5 Å². The monoisotopic (exact) mass is 508 g/mol. The van der Waals surface area contributed by atoms with E-state index in [0.29, 0.717) is 10.8 Å². The van der Waals surface area contributed by atoms with E-state index in [-0.39, 0.29) is 23.7 Å². The number of ether oxygens (including phenoxy) is 1. The van der Waals surface area contributed by atoms with E-state index in [9.17, 15) is 15.0 Å². The number of carbonyl (C=O) groups is 1. The van der Waals surface area contributed by atoms with Crippen LogP contribution in [0, 0.1) is 12.8 Å². The number of carbonyl (C=O) groups excluding carboxylic acids is 1. The molecule has 1 fully saturated rings. The minimum absolute atomic E-state index is 0.00667. The van der Waals surface area contributed by atoms with Gasteiger partial charge in [0.25, 0.3) is 0 Å². The molecular weight excluding hydrogens is 468 g/mol. The van der Waals surface area contributed by atoms with Gasteiger partial charge in [-0.15, -0.1) is 0 Å². The second kappa shape index (κ2) is 10.6. The van der Waals surface area contributed by atoms with E-state index in [2.05, 4.69) is 39.8 Å². The first kappa shape index (κ1) is 26.8. The van der Waals surface area contributed by atoms with Gasteiger partial charge in [-0.25, -0.2) is 4.79 Å². The van der Waals surface area contributed by atoms with E-state index < -0.39 is 5.60 Å². The highest BCUT2D eigenvalue weighted by Gasteiger charge is 2.47. The van der Waals surface area contributed by atoms with Gasteiger partial charge in [-0.1, -0.05) is 63.6 Å². The first-order chi connectivity index (χ1) is 17.0. The van der Waals surface area contributed by atoms with Crippen LogP contribution in [0.4, 0.5) is 0 Å². The molecule has 194 valence electrons. The molecule has 4 rings (SSSR count). The average molecular weight is 509 g/mol. The normalized spacial score (nSPS) is 21.2. The lowest BCUT2D eigenvalue weighted by atomic mass is 9.76. The van der Waals surface area contributed by atoms with Crippen LogP contribution in [0.5, 0.6) is 5.75 Å². The zero-order valence-corrected chi connectivity index (χ0v) is 23.1. The van der Waals surface area contributed by atoms with Gasteiger partial charge < -0.3 is 14.9 Å². The Hall–Kier alpha value is -2.24. The molecule has 1 saturated carbocycles. The molecule has 0 aromatic heterocycles. The average Bonchev–Trinajstić information content (AvgIpc) is 3.35. The van der Waals surface area contributed by atoms with Crippen LogP contribution in [0.15, 0.2) is 51.8 Å². The van der Waals surface area contributed by atoms with Gasteiger partial charge in [-0.05, 0) is 96.9 Å². The van der Waals surface area contributed by atoms with Crippen molar-refractivity contribution in [1.82, 2.24) is 0 Å². The topological polar surface area (TPSA) is 66.8 Å². The zero-order valence-electron chi connectivity index (χ0n) is 22.3. The van der Waals surface area contributed by atoms with Crippen LogP contribution in [-0.2, 0) is 28.0 Å². The van der Waals surface area contributed by atoms with E-state index >= 15 is 0 Å². The van der Waals surface area contributed by atoms with Crippen LogP contribution in [-0.4, -0.2) is 21.8 Å². The minimum Gasteiger partial charge on any atom is -0.508 e. The van der Waals surface area contributed by atoms with Crippen LogP contribution in [0.25, 0.3) is 0 Å². The molecule has 0 amide bonds. The van der Waals surface area contributed by atoms with Gasteiger partial charge in [-0.3, -0.25) is 0 Å². The number of aliphatic hydroxyl groups excluding tert-OH is 1.